The van der Waals surface area contributed by atoms with E-state index in [1.165, 1.54) is 18.2 Å². The minimum atomic E-state index is -4.44. The first-order chi connectivity index (χ1) is 19.9. The summed E-state index contributed by atoms with van der Waals surface area (Å²) in [7, 11) is 0. The largest absolute Gasteiger partial charge is 0.416 e. The van der Waals surface area contributed by atoms with Crippen molar-refractivity contribution in [2.24, 2.45) is 0 Å². The number of likely N-dealkylation sites (tertiary alicyclic amines) is 1. The molecule has 3 fully saturated rings. The Morgan fingerprint density at radius 2 is 1.74 bits per heavy atom. The van der Waals surface area contributed by atoms with Gasteiger partial charge in [0.15, 0.2) is 11.4 Å². The molecule has 0 radical (unpaired) electrons. The van der Waals surface area contributed by atoms with E-state index in [1.54, 1.807) is 32.0 Å². The second-order valence-corrected chi connectivity index (χ2v) is 11.8. The van der Waals surface area contributed by atoms with Crippen LogP contribution < -0.4 is 5.32 Å². The topological polar surface area (TPSA) is 69.3 Å². The smallest absolute Gasteiger partial charge is 0.371 e. The van der Waals surface area contributed by atoms with Crippen LogP contribution in [-0.2, 0) is 43.1 Å². The molecule has 1 N–H and O–H groups in total. The molecule has 11 heteroatoms. The third-order valence-electron chi connectivity index (χ3n) is 8.18. The zero-order valence-electron chi connectivity index (χ0n) is 23.9. The number of fused-ring (bicyclic) bond motifs is 1. The van der Waals surface area contributed by atoms with Crippen LogP contribution in [0.15, 0.2) is 48.5 Å². The lowest BCUT2D eigenvalue weighted by molar-refractivity contribution is -0.183. The van der Waals surface area contributed by atoms with Crippen molar-refractivity contribution in [2.45, 2.75) is 88.6 Å². The molecule has 42 heavy (non-hydrogen) atoms. The lowest BCUT2D eigenvalue weighted by Gasteiger charge is -2.43. The van der Waals surface area contributed by atoms with Crippen molar-refractivity contribution in [1.82, 2.24) is 10.2 Å². The quantitative estimate of drug-likeness (QED) is 0.381. The maximum Gasteiger partial charge on any atom is 0.416 e. The lowest BCUT2D eigenvalue weighted by atomic mass is 9.78. The molecule has 230 valence electrons. The van der Waals surface area contributed by atoms with Crippen molar-refractivity contribution in [1.29, 1.82) is 0 Å². The van der Waals surface area contributed by atoms with Gasteiger partial charge in [0.05, 0.1) is 31.0 Å². The van der Waals surface area contributed by atoms with Crippen LogP contribution in [0.1, 0.15) is 56.2 Å². The van der Waals surface area contributed by atoms with E-state index < -0.39 is 47.3 Å². The summed E-state index contributed by atoms with van der Waals surface area (Å²) in [4.78, 5) is 16.2. The van der Waals surface area contributed by atoms with Crippen LogP contribution in [-0.4, -0.2) is 66.7 Å². The summed E-state index contributed by atoms with van der Waals surface area (Å²) in [6, 6.07) is 11.0. The molecule has 7 nitrogen and oxygen atoms in total. The average molecular weight is 595 g/mol. The molecule has 1 saturated carbocycles. The van der Waals surface area contributed by atoms with Crippen LogP contribution >= 0.6 is 0 Å². The number of benzene rings is 2. The highest BCUT2D eigenvalue weighted by Crippen LogP contribution is 2.44. The standard InChI is InChI=1S/C31H38F4N2O5/c1-29(2)41-26-18-30(40-20-22-7-3-4-8-24(22)32,28(38)36-13-16-37-14-5-6-15-37)17-25(27(26)42-29)39-19-21-9-11-23(12-10-21)31(33,34)35/h3-4,7-12,25-27H,5-6,13-20H2,1-2H3,(H,36,38)/t25-,26-,27+,30-/m1/s1. The number of hydrogen-bond acceptors (Lipinski definition) is 6. The van der Waals surface area contributed by atoms with Crippen molar-refractivity contribution < 1.29 is 41.3 Å². The lowest BCUT2D eigenvalue weighted by Crippen LogP contribution is -2.60. The number of hydrogen-bond donors (Lipinski definition) is 1. The van der Waals surface area contributed by atoms with Gasteiger partial charge < -0.3 is 29.2 Å². The number of alkyl halides is 3. The average Bonchev–Trinajstić information content (AvgIpc) is 3.57. The Hall–Kier alpha value is -2.57. The third-order valence-corrected chi connectivity index (χ3v) is 8.18. The Bertz CT molecular complexity index is 1220. The van der Waals surface area contributed by atoms with Crippen LogP contribution in [0.25, 0.3) is 0 Å². The zero-order valence-corrected chi connectivity index (χ0v) is 23.9. The fourth-order valence-corrected chi connectivity index (χ4v) is 6.03. The molecule has 2 aliphatic heterocycles. The summed E-state index contributed by atoms with van der Waals surface area (Å²) in [6.45, 7) is 6.53. The summed E-state index contributed by atoms with van der Waals surface area (Å²) in [5.74, 6) is -1.72. The maximum absolute atomic E-state index is 14.5. The number of nitrogens with one attached hydrogen (secondary N) is 1. The van der Waals surface area contributed by atoms with E-state index in [0.29, 0.717) is 24.2 Å². The molecule has 1 amide bonds. The molecular weight excluding hydrogens is 556 g/mol. The Labute approximate surface area is 243 Å². The van der Waals surface area contributed by atoms with Crippen LogP contribution in [0.3, 0.4) is 0 Å². The van der Waals surface area contributed by atoms with E-state index >= 15 is 0 Å². The molecule has 2 aromatic rings. The van der Waals surface area contributed by atoms with Crippen molar-refractivity contribution in [3.05, 3.63) is 71.0 Å². The van der Waals surface area contributed by atoms with E-state index in [-0.39, 0.29) is 32.0 Å². The highest BCUT2D eigenvalue weighted by molar-refractivity contribution is 5.85. The van der Waals surface area contributed by atoms with Gasteiger partial charge in [-0.2, -0.15) is 13.2 Å². The summed E-state index contributed by atoms with van der Waals surface area (Å²) >= 11 is 0. The predicted octanol–water partition coefficient (Wildman–Crippen LogP) is 5.21. The third kappa shape index (κ3) is 7.31. The first-order valence-corrected chi connectivity index (χ1v) is 14.5. The van der Waals surface area contributed by atoms with E-state index in [4.69, 9.17) is 18.9 Å². The first-order valence-electron chi connectivity index (χ1n) is 14.5. The molecule has 3 aliphatic rings. The first kappa shape index (κ1) is 30.9. The van der Waals surface area contributed by atoms with Crippen molar-refractivity contribution in [2.75, 3.05) is 26.2 Å². The number of amides is 1. The number of carbonyl (C=O) groups is 1. The molecule has 5 rings (SSSR count). The van der Waals surface area contributed by atoms with Gasteiger partial charge in [-0.3, -0.25) is 4.79 Å². The number of carbonyl (C=O) groups excluding carboxylic acids is 1. The van der Waals surface area contributed by atoms with Gasteiger partial charge in [0.2, 0.25) is 0 Å². The number of ether oxygens (including phenoxy) is 4. The summed E-state index contributed by atoms with van der Waals surface area (Å²) in [6.07, 6.45) is -3.67. The summed E-state index contributed by atoms with van der Waals surface area (Å²) in [5.41, 5.74) is -1.31. The molecular formula is C31H38F4N2O5. The fourth-order valence-electron chi connectivity index (χ4n) is 6.03. The minimum absolute atomic E-state index is 0.00418. The Balaban J connectivity index is 1.36. The van der Waals surface area contributed by atoms with Gasteiger partial charge in [-0.05, 0) is 63.5 Å². The molecule has 0 unspecified atom stereocenters. The van der Waals surface area contributed by atoms with Gasteiger partial charge in [-0.25, -0.2) is 4.39 Å². The molecule has 1 aliphatic carbocycles. The van der Waals surface area contributed by atoms with Crippen molar-refractivity contribution >= 4 is 5.91 Å². The van der Waals surface area contributed by atoms with Crippen LogP contribution in [0.2, 0.25) is 0 Å². The highest BCUT2D eigenvalue weighted by Gasteiger charge is 2.58. The number of rotatable bonds is 10. The van der Waals surface area contributed by atoms with E-state index in [2.05, 4.69) is 10.2 Å². The van der Waals surface area contributed by atoms with Gasteiger partial charge in [-0.1, -0.05) is 30.3 Å². The van der Waals surface area contributed by atoms with E-state index in [9.17, 15) is 22.4 Å². The Morgan fingerprint density at radius 1 is 1.02 bits per heavy atom. The van der Waals surface area contributed by atoms with Crippen molar-refractivity contribution in [3.8, 4) is 0 Å². The summed E-state index contributed by atoms with van der Waals surface area (Å²) < 4.78 is 78.5. The van der Waals surface area contributed by atoms with Crippen LogP contribution in [0.4, 0.5) is 17.6 Å². The zero-order chi connectivity index (χ0) is 30.0. The van der Waals surface area contributed by atoms with Gasteiger partial charge in [-0.15, -0.1) is 0 Å². The maximum atomic E-state index is 14.5. The fraction of sp³-hybridized carbons (Fsp3) is 0.581. The van der Waals surface area contributed by atoms with Gasteiger partial charge in [0.1, 0.15) is 11.9 Å². The van der Waals surface area contributed by atoms with Crippen LogP contribution in [0, 0.1) is 5.82 Å². The van der Waals surface area contributed by atoms with E-state index in [0.717, 1.165) is 38.1 Å². The molecule has 0 bridgehead atoms. The SMILES string of the molecule is CC1(C)O[C@H]2[C@H](OCc3ccc(C(F)(F)F)cc3)C[C@](OCc3ccccc3F)(C(=O)NCCN3CCCC3)C[C@H]2O1. The van der Waals surface area contributed by atoms with Gasteiger partial charge in [0, 0.05) is 31.5 Å². The molecule has 2 aromatic carbocycles. The van der Waals surface area contributed by atoms with Crippen LogP contribution in [0.5, 0.6) is 0 Å². The normalized spacial score (nSPS) is 27.6. The second-order valence-electron chi connectivity index (χ2n) is 11.8. The molecule has 0 aromatic heterocycles. The molecule has 4 atom stereocenters. The Kier molecular flexibility index (Phi) is 9.24. The predicted molar refractivity (Wildman–Crippen MR) is 146 cm³/mol. The highest BCUT2D eigenvalue weighted by atomic mass is 19.4. The monoisotopic (exact) mass is 594 g/mol. The summed E-state index contributed by atoms with van der Waals surface area (Å²) in [5, 5.41) is 3.03. The van der Waals surface area contributed by atoms with Crippen molar-refractivity contribution in [3.63, 3.8) is 0 Å². The molecule has 2 heterocycles. The molecule has 0 spiro atoms. The minimum Gasteiger partial charge on any atom is -0.371 e. The van der Waals surface area contributed by atoms with E-state index in [1.807, 2.05) is 0 Å². The van der Waals surface area contributed by atoms with Gasteiger partial charge in [0.25, 0.3) is 5.91 Å². The number of nitrogens with zero attached hydrogens (tertiary/aromatic N) is 1. The Morgan fingerprint density at radius 3 is 2.43 bits per heavy atom. The second kappa shape index (κ2) is 12.6. The van der Waals surface area contributed by atoms with Gasteiger partial charge >= 0.3 is 6.18 Å². The molecule has 2 saturated heterocycles. The number of halogens is 4.